The van der Waals surface area contributed by atoms with Crippen molar-refractivity contribution in [3.8, 4) is 0 Å². The molecule has 1 saturated carbocycles. The minimum absolute atomic E-state index is 0.376. The topological polar surface area (TPSA) is 29.5 Å². The molecule has 0 aromatic heterocycles. The maximum atomic E-state index is 9.72. The number of rotatable bonds is 4. The van der Waals surface area contributed by atoms with Crippen LogP contribution in [-0.2, 0) is 4.74 Å². The summed E-state index contributed by atoms with van der Waals surface area (Å²) >= 11 is 0. The highest BCUT2D eigenvalue weighted by molar-refractivity contribution is 5.05. The van der Waals surface area contributed by atoms with E-state index in [4.69, 9.17) is 4.74 Å². The van der Waals surface area contributed by atoms with Crippen molar-refractivity contribution >= 4 is 0 Å². The Morgan fingerprint density at radius 1 is 1.80 bits per heavy atom. The Labute approximate surface area is 61.5 Å². The van der Waals surface area contributed by atoms with Gasteiger partial charge in [0.1, 0.15) is 5.60 Å². The third-order valence-corrected chi connectivity index (χ3v) is 2.01. The Morgan fingerprint density at radius 2 is 2.40 bits per heavy atom. The molecular formula is C8H14O2. The predicted molar refractivity (Wildman–Crippen MR) is 39.7 cm³/mol. The van der Waals surface area contributed by atoms with Gasteiger partial charge in [0, 0.05) is 7.11 Å². The van der Waals surface area contributed by atoms with Gasteiger partial charge in [-0.05, 0) is 18.8 Å². The molecule has 1 aliphatic rings. The average Bonchev–Trinajstić information content (AvgIpc) is 2.69. The number of ether oxygens (including phenoxy) is 1. The molecule has 0 heterocycles. The van der Waals surface area contributed by atoms with Crippen LogP contribution in [0.4, 0.5) is 0 Å². The van der Waals surface area contributed by atoms with Crippen LogP contribution in [0.3, 0.4) is 0 Å². The molecule has 0 spiro atoms. The van der Waals surface area contributed by atoms with Crippen LogP contribution in [0.25, 0.3) is 0 Å². The lowest BCUT2D eigenvalue weighted by Gasteiger charge is -2.22. The van der Waals surface area contributed by atoms with E-state index < -0.39 is 5.60 Å². The molecule has 10 heavy (non-hydrogen) atoms. The fourth-order valence-corrected chi connectivity index (χ4v) is 1.16. The Morgan fingerprint density at radius 3 is 2.70 bits per heavy atom. The van der Waals surface area contributed by atoms with Gasteiger partial charge in [0.25, 0.3) is 0 Å². The van der Waals surface area contributed by atoms with Crippen molar-refractivity contribution in [3.05, 3.63) is 12.7 Å². The van der Waals surface area contributed by atoms with Crippen molar-refractivity contribution in [1.29, 1.82) is 0 Å². The van der Waals surface area contributed by atoms with E-state index >= 15 is 0 Å². The molecule has 0 radical (unpaired) electrons. The van der Waals surface area contributed by atoms with Crippen LogP contribution in [0.1, 0.15) is 12.8 Å². The van der Waals surface area contributed by atoms with Crippen LogP contribution >= 0.6 is 0 Å². The molecule has 1 rings (SSSR count). The van der Waals surface area contributed by atoms with Crippen molar-refractivity contribution in [2.75, 3.05) is 13.7 Å². The molecule has 58 valence electrons. The molecule has 0 amide bonds. The second-order valence-corrected chi connectivity index (χ2v) is 2.90. The fraction of sp³-hybridized carbons (Fsp3) is 0.750. The van der Waals surface area contributed by atoms with E-state index in [0.29, 0.717) is 12.5 Å². The maximum Gasteiger partial charge on any atom is 0.108 e. The lowest BCUT2D eigenvalue weighted by Crippen LogP contribution is -2.33. The fourth-order valence-electron chi connectivity index (χ4n) is 1.16. The molecule has 0 saturated heterocycles. The monoisotopic (exact) mass is 142 g/mol. The van der Waals surface area contributed by atoms with Crippen LogP contribution < -0.4 is 0 Å². The van der Waals surface area contributed by atoms with Crippen LogP contribution in [-0.4, -0.2) is 24.4 Å². The van der Waals surface area contributed by atoms with Gasteiger partial charge in [-0.15, -0.1) is 6.58 Å². The molecule has 1 unspecified atom stereocenters. The van der Waals surface area contributed by atoms with E-state index in [9.17, 15) is 5.11 Å². The Bertz CT molecular complexity index is 129. The van der Waals surface area contributed by atoms with E-state index in [1.807, 2.05) is 0 Å². The van der Waals surface area contributed by atoms with Gasteiger partial charge in [0.05, 0.1) is 6.61 Å². The first kappa shape index (κ1) is 7.76. The Hall–Kier alpha value is -0.340. The zero-order chi connectivity index (χ0) is 7.61. The summed E-state index contributed by atoms with van der Waals surface area (Å²) in [7, 11) is 1.59. The third-order valence-electron chi connectivity index (χ3n) is 2.01. The summed E-state index contributed by atoms with van der Waals surface area (Å²) in [6.45, 7) is 3.96. The van der Waals surface area contributed by atoms with E-state index in [1.165, 1.54) is 0 Å². The van der Waals surface area contributed by atoms with Crippen molar-refractivity contribution < 1.29 is 9.84 Å². The highest BCUT2D eigenvalue weighted by Crippen LogP contribution is 2.40. The second-order valence-electron chi connectivity index (χ2n) is 2.90. The lowest BCUT2D eigenvalue weighted by atomic mass is 10.00. The summed E-state index contributed by atoms with van der Waals surface area (Å²) in [4.78, 5) is 0. The van der Waals surface area contributed by atoms with Crippen LogP contribution in [0.15, 0.2) is 12.7 Å². The second kappa shape index (κ2) is 2.72. The van der Waals surface area contributed by atoms with Crippen molar-refractivity contribution in [2.24, 2.45) is 5.92 Å². The summed E-state index contributed by atoms with van der Waals surface area (Å²) < 4.78 is 4.88. The minimum atomic E-state index is -0.755. The van der Waals surface area contributed by atoms with E-state index in [0.717, 1.165) is 12.8 Å². The largest absolute Gasteiger partial charge is 0.383 e. The van der Waals surface area contributed by atoms with Crippen LogP contribution in [0, 0.1) is 5.92 Å². The molecular weight excluding hydrogens is 128 g/mol. The van der Waals surface area contributed by atoms with Gasteiger partial charge in [-0.25, -0.2) is 0 Å². The summed E-state index contributed by atoms with van der Waals surface area (Å²) in [5, 5.41) is 9.72. The molecule has 0 aliphatic heterocycles. The molecule has 1 N–H and O–H groups in total. The van der Waals surface area contributed by atoms with E-state index in [1.54, 1.807) is 13.2 Å². The third kappa shape index (κ3) is 1.39. The first-order chi connectivity index (χ1) is 4.73. The van der Waals surface area contributed by atoms with Gasteiger partial charge in [0.2, 0.25) is 0 Å². The maximum absolute atomic E-state index is 9.72. The molecule has 1 fully saturated rings. The van der Waals surface area contributed by atoms with E-state index in [-0.39, 0.29) is 0 Å². The summed E-state index contributed by atoms with van der Waals surface area (Å²) in [5.74, 6) is 0.393. The number of aliphatic hydroxyl groups is 1. The Kier molecular flexibility index (Phi) is 2.11. The Balaban J connectivity index is 2.47. The van der Waals surface area contributed by atoms with Gasteiger partial charge in [-0.3, -0.25) is 0 Å². The van der Waals surface area contributed by atoms with Crippen LogP contribution in [0.5, 0.6) is 0 Å². The van der Waals surface area contributed by atoms with Gasteiger partial charge >= 0.3 is 0 Å². The van der Waals surface area contributed by atoms with Gasteiger partial charge < -0.3 is 9.84 Å². The summed E-state index contributed by atoms with van der Waals surface area (Å²) in [6, 6.07) is 0. The zero-order valence-electron chi connectivity index (χ0n) is 6.34. The molecule has 0 aromatic rings. The molecule has 0 bridgehead atoms. The summed E-state index contributed by atoms with van der Waals surface area (Å²) in [5.41, 5.74) is -0.755. The lowest BCUT2D eigenvalue weighted by molar-refractivity contribution is -0.00970. The van der Waals surface area contributed by atoms with Gasteiger partial charge in [-0.1, -0.05) is 6.08 Å². The molecule has 0 aromatic carbocycles. The standard InChI is InChI=1S/C8H14O2/c1-3-8(9,6-10-2)7-4-5-7/h3,7,9H,1,4-6H2,2H3. The zero-order valence-corrected chi connectivity index (χ0v) is 6.34. The van der Waals surface area contributed by atoms with Gasteiger partial charge in [0.15, 0.2) is 0 Å². The quantitative estimate of drug-likeness (QED) is 0.592. The smallest absolute Gasteiger partial charge is 0.108 e. The molecule has 1 atom stereocenters. The number of hydrogen-bond acceptors (Lipinski definition) is 2. The predicted octanol–water partition coefficient (Wildman–Crippen LogP) is 0.960. The number of methoxy groups -OCH3 is 1. The SMILES string of the molecule is C=CC(O)(COC)C1CC1. The average molecular weight is 142 g/mol. The highest BCUT2D eigenvalue weighted by Gasteiger charge is 2.41. The molecule has 2 heteroatoms. The first-order valence-electron chi connectivity index (χ1n) is 3.58. The van der Waals surface area contributed by atoms with Crippen molar-refractivity contribution in [2.45, 2.75) is 18.4 Å². The number of hydrogen-bond donors (Lipinski definition) is 1. The molecule has 1 aliphatic carbocycles. The minimum Gasteiger partial charge on any atom is -0.383 e. The van der Waals surface area contributed by atoms with Crippen molar-refractivity contribution in [1.82, 2.24) is 0 Å². The van der Waals surface area contributed by atoms with Crippen LogP contribution in [0.2, 0.25) is 0 Å². The highest BCUT2D eigenvalue weighted by atomic mass is 16.5. The summed E-state index contributed by atoms with van der Waals surface area (Å²) in [6.07, 6.45) is 3.80. The van der Waals surface area contributed by atoms with Gasteiger partial charge in [-0.2, -0.15) is 0 Å². The molecule has 2 nitrogen and oxygen atoms in total. The van der Waals surface area contributed by atoms with Crippen molar-refractivity contribution in [3.63, 3.8) is 0 Å². The normalized spacial score (nSPS) is 23.8. The first-order valence-corrected chi connectivity index (χ1v) is 3.58. The van der Waals surface area contributed by atoms with E-state index in [2.05, 4.69) is 6.58 Å².